The van der Waals surface area contributed by atoms with E-state index in [4.69, 9.17) is 0 Å². The molecule has 0 atom stereocenters. The molecule has 0 saturated carbocycles. The normalized spacial score (nSPS) is 9.29. The number of hydrogen-bond donors (Lipinski definition) is 1. The lowest BCUT2D eigenvalue weighted by atomic mass is 10.2. The minimum atomic E-state index is -0.630. The molecule has 0 aliphatic heterocycles. The van der Waals surface area contributed by atoms with Crippen LogP contribution in [0.4, 0.5) is 10.1 Å². The summed E-state index contributed by atoms with van der Waals surface area (Å²) in [5.41, 5.74) is 0.202. The van der Waals surface area contributed by atoms with Gasteiger partial charge in [-0.15, -0.1) is 0 Å². The Hall–Kier alpha value is -1.91. The smallest absolute Gasteiger partial charge is 0.339 e. The SMILES string of the molecule is COC(=O)c1ccc(F)cc1NC=O. The van der Waals surface area contributed by atoms with Crippen LogP contribution in [0.25, 0.3) is 0 Å². The average Bonchev–Trinajstić information content (AvgIpc) is 2.17. The molecular weight excluding hydrogens is 189 g/mol. The molecule has 74 valence electrons. The van der Waals surface area contributed by atoms with Crippen LogP contribution in [-0.2, 0) is 9.53 Å². The number of benzene rings is 1. The lowest BCUT2D eigenvalue weighted by Gasteiger charge is -2.05. The van der Waals surface area contributed by atoms with Gasteiger partial charge in [0, 0.05) is 0 Å². The fourth-order valence-corrected chi connectivity index (χ4v) is 0.987. The van der Waals surface area contributed by atoms with Crippen LogP contribution in [0.15, 0.2) is 18.2 Å². The zero-order valence-corrected chi connectivity index (χ0v) is 7.41. The number of carbonyl (C=O) groups is 2. The molecule has 1 N–H and O–H groups in total. The number of methoxy groups -OCH3 is 1. The maximum atomic E-state index is 12.7. The van der Waals surface area contributed by atoms with Crippen molar-refractivity contribution in [2.24, 2.45) is 0 Å². The third-order valence-corrected chi connectivity index (χ3v) is 1.60. The molecule has 0 bridgehead atoms. The number of esters is 1. The van der Waals surface area contributed by atoms with Gasteiger partial charge in [0.2, 0.25) is 6.41 Å². The number of nitrogens with one attached hydrogen (secondary N) is 1. The van der Waals surface area contributed by atoms with E-state index in [1.807, 2.05) is 0 Å². The first kappa shape index (κ1) is 10.2. The highest BCUT2D eigenvalue weighted by Crippen LogP contribution is 2.17. The number of amides is 1. The van der Waals surface area contributed by atoms with Crippen LogP contribution in [-0.4, -0.2) is 19.5 Å². The van der Waals surface area contributed by atoms with Crippen molar-refractivity contribution in [3.63, 3.8) is 0 Å². The summed E-state index contributed by atoms with van der Waals surface area (Å²) >= 11 is 0. The number of ether oxygens (including phenoxy) is 1. The van der Waals surface area contributed by atoms with Crippen LogP contribution in [0.1, 0.15) is 10.4 Å². The van der Waals surface area contributed by atoms with Crippen molar-refractivity contribution in [1.29, 1.82) is 0 Å². The molecule has 1 aromatic carbocycles. The second-order valence-electron chi connectivity index (χ2n) is 2.44. The molecule has 5 heteroatoms. The van der Waals surface area contributed by atoms with Gasteiger partial charge in [0.25, 0.3) is 0 Å². The first-order valence-corrected chi connectivity index (χ1v) is 3.77. The fourth-order valence-electron chi connectivity index (χ4n) is 0.987. The van der Waals surface area contributed by atoms with E-state index in [-0.39, 0.29) is 11.3 Å². The molecule has 0 spiro atoms. The maximum absolute atomic E-state index is 12.7. The highest BCUT2D eigenvalue weighted by molar-refractivity contribution is 5.97. The standard InChI is InChI=1S/C9H8FNO3/c1-14-9(13)7-3-2-6(10)4-8(7)11-5-12/h2-5H,1H3,(H,11,12). The van der Waals surface area contributed by atoms with Crippen molar-refractivity contribution in [3.05, 3.63) is 29.6 Å². The first-order valence-electron chi connectivity index (χ1n) is 3.77. The largest absolute Gasteiger partial charge is 0.465 e. The molecular formula is C9H8FNO3. The number of rotatable bonds is 3. The molecule has 0 aromatic heterocycles. The Kier molecular flexibility index (Phi) is 3.17. The predicted octanol–water partition coefficient (Wildman–Crippen LogP) is 1.18. The second kappa shape index (κ2) is 4.36. The Balaban J connectivity index is 3.13. The summed E-state index contributed by atoms with van der Waals surface area (Å²) in [7, 11) is 1.20. The van der Waals surface area contributed by atoms with Crippen LogP contribution in [0.2, 0.25) is 0 Å². The van der Waals surface area contributed by atoms with E-state index in [1.165, 1.54) is 13.2 Å². The minimum absolute atomic E-state index is 0.0897. The fraction of sp³-hybridized carbons (Fsp3) is 0.111. The summed E-state index contributed by atoms with van der Waals surface area (Å²) in [4.78, 5) is 21.3. The summed E-state index contributed by atoms with van der Waals surface area (Å²) < 4.78 is 17.2. The van der Waals surface area contributed by atoms with Crippen molar-refractivity contribution in [1.82, 2.24) is 0 Å². The van der Waals surface area contributed by atoms with E-state index < -0.39 is 11.8 Å². The zero-order valence-electron chi connectivity index (χ0n) is 7.41. The molecule has 0 aliphatic carbocycles. The van der Waals surface area contributed by atoms with Gasteiger partial charge in [-0.1, -0.05) is 0 Å². The summed E-state index contributed by atoms with van der Waals surface area (Å²) in [6.45, 7) is 0. The molecule has 0 radical (unpaired) electrons. The van der Waals surface area contributed by atoms with E-state index in [2.05, 4.69) is 10.1 Å². The zero-order chi connectivity index (χ0) is 10.6. The van der Waals surface area contributed by atoms with Crippen molar-refractivity contribution >= 4 is 18.1 Å². The third-order valence-electron chi connectivity index (χ3n) is 1.60. The van der Waals surface area contributed by atoms with Gasteiger partial charge in [0.05, 0.1) is 18.4 Å². The van der Waals surface area contributed by atoms with Crippen molar-refractivity contribution < 1.29 is 18.7 Å². The first-order chi connectivity index (χ1) is 6.69. The van der Waals surface area contributed by atoms with Gasteiger partial charge in [-0.25, -0.2) is 9.18 Å². The number of anilines is 1. The van der Waals surface area contributed by atoms with Gasteiger partial charge >= 0.3 is 5.97 Å². The van der Waals surface area contributed by atoms with Crippen molar-refractivity contribution in [2.45, 2.75) is 0 Å². The van der Waals surface area contributed by atoms with Crippen LogP contribution in [0.5, 0.6) is 0 Å². The van der Waals surface area contributed by atoms with Gasteiger partial charge in [-0.3, -0.25) is 4.79 Å². The Labute approximate surface area is 79.7 Å². The van der Waals surface area contributed by atoms with Crippen LogP contribution < -0.4 is 5.32 Å². The summed E-state index contributed by atoms with van der Waals surface area (Å²) in [6, 6.07) is 3.40. The highest BCUT2D eigenvalue weighted by atomic mass is 19.1. The molecule has 0 aliphatic rings. The van der Waals surface area contributed by atoms with E-state index in [1.54, 1.807) is 0 Å². The Bertz CT molecular complexity index is 365. The molecule has 14 heavy (non-hydrogen) atoms. The third kappa shape index (κ3) is 2.07. The predicted molar refractivity (Wildman–Crippen MR) is 47.4 cm³/mol. The minimum Gasteiger partial charge on any atom is -0.465 e. The van der Waals surface area contributed by atoms with Gasteiger partial charge < -0.3 is 10.1 Å². The van der Waals surface area contributed by atoms with Gasteiger partial charge in [-0.2, -0.15) is 0 Å². The van der Waals surface area contributed by atoms with Crippen LogP contribution in [0, 0.1) is 5.82 Å². The second-order valence-corrected chi connectivity index (χ2v) is 2.44. The summed E-state index contributed by atoms with van der Waals surface area (Å²) in [5, 5.41) is 2.21. The Morgan fingerprint density at radius 2 is 2.29 bits per heavy atom. The van der Waals surface area contributed by atoms with Crippen LogP contribution in [0.3, 0.4) is 0 Å². The summed E-state index contributed by atoms with van der Waals surface area (Å²) in [5.74, 6) is -1.17. The Morgan fingerprint density at radius 1 is 1.57 bits per heavy atom. The quantitative estimate of drug-likeness (QED) is 0.584. The number of halogens is 1. The Morgan fingerprint density at radius 3 is 2.86 bits per heavy atom. The molecule has 1 rings (SSSR count). The molecule has 1 amide bonds. The van der Waals surface area contributed by atoms with Gasteiger partial charge in [0.15, 0.2) is 0 Å². The summed E-state index contributed by atoms with van der Waals surface area (Å²) in [6.07, 6.45) is 0.362. The molecule has 4 nitrogen and oxygen atoms in total. The van der Waals surface area contributed by atoms with Crippen molar-refractivity contribution in [2.75, 3.05) is 12.4 Å². The molecule has 0 unspecified atom stereocenters. The van der Waals surface area contributed by atoms with Gasteiger partial charge in [0.1, 0.15) is 5.82 Å². The van der Waals surface area contributed by atoms with E-state index in [0.717, 1.165) is 12.1 Å². The highest BCUT2D eigenvalue weighted by Gasteiger charge is 2.11. The lowest BCUT2D eigenvalue weighted by Crippen LogP contribution is -2.07. The lowest BCUT2D eigenvalue weighted by molar-refractivity contribution is -0.105. The molecule has 0 fully saturated rings. The van der Waals surface area contributed by atoms with Crippen LogP contribution >= 0.6 is 0 Å². The molecule has 1 aromatic rings. The van der Waals surface area contributed by atoms with E-state index in [9.17, 15) is 14.0 Å². The molecule has 0 heterocycles. The number of hydrogen-bond acceptors (Lipinski definition) is 3. The topological polar surface area (TPSA) is 55.4 Å². The monoisotopic (exact) mass is 197 g/mol. The van der Waals surface area contributed by atoms with E-state index in [0.29, 0.717) is 6.41 Å². The van der Waals surface area contributed by atoms with Crippen molar-refractivity contribution in [3.8, 4) is 0 Å². The molecule has 0 saturated heterocycles. The van der Waals surface area contributed by atoms with Gasteiger partial charge in [-0.05, 0) is 18.2 Å². The maximum Gasteiger partial charge on any atom is 0.339 e. The average molecular weight is 197 g/mol. The number of carbonyl (C=O) groups excluding carboxylic acids is 2. The van der Waals surface area contributed by atoms with E-state index >= 15 is 0 Å².